The van der Waals surface area contributed by atoms with Crippen molar-refractivity contribution in [2.45, 2.75) is 0 Å². The van der Waals surface area contributed by atoms with Crippen LogP contribution in [0.2, 0.25) is 0 Å². The van der Waals surface area contributed by atoms with Gasteiger partial charge < -0.3 is 0 Å². The Hall–Kier alpha value is -0.285. The molecule has 0 heterocycles. The molecule has 0 amide bonds. The second kappa shape index (κ2) is 9.71. The first-order chi connectivity index (χ1) is 4.85. The van der Waals surface area contributed by atoms with E-state index in [0.717, 1.165) is 18.5 Å². The first-order valence-corrected chi connectivity index (χ1v) is 5.30. The van der Waals surface area contributed by atoms with Gasteiger partial charge >= 0.3 is 0 Å². The Morgan fingerprint density at radius 3 is 1.27 bits per heavy atom. The quantitative estimate of drug-likeness (QED) is 0.322. The van der Waals surface area contributed by atoms with Gasteiger partial charge in [-0.2, -0.15) is 0 Å². The topological polar surface area (TPSA) is 0 Å². The molecule has 0 spiro atoms. The summed E-state index contributed by atoms with van der Waals surface area (Å²) in [7, 11) is 0.0849. The monoisotopic (exact) mass is 165 g/mol. The molecule has 59 valence electrons. The van der Waals surface area contributed by atoms with Crippen LogP contribution in [-0.2, 0) is 0 Å². The minimum atomic E-state index is 0. The largest absolute Gasteiger partial charge is 0.103 e. The van der Waals surface area contributed by atoms with Gasteiger partial charge in [0.05, 0.1) is 0 Å². The van der Waals surface area contributed by atoms with Crippen molar-refractivity contribution < 1.29 is 0 Å². The lowest BCUT2D eigenvalue weighted by molar-refractivity contribution is 1.59. The van der Waals surface area contributed by atoms with Gasteiger partial charge in [0.25, 0.3) is 0 Å². The highest BCUT2D eigenvalue weighted by atomic mass is 31.1. The number of hydrogen-bond donors (Lipinski definition) is 0. The molecule has 0 bridgehead atoms. The molecule has 0 saturated carbocycles. The van der Waals surface area contributed by atoms with Crippen LogP contribution in [0.1, 0.15) is 0 Å². The fourth-order valence-electron chi connectivity index (χ4n) is 0.771. The second-order valence-corrected chi connectivity index (χ2v) is 4.52. The van der Waals surface area contributed by atoms with Crippen molar-refractivity contribution in [3.05, 3.63) is 38.0 Å². The molecule has 0 saturated heterocycles. The van der Waals surface area contributed by atoms with E-state index >= 15 is 0 Å². The average Bonchev–Trinajstić information content (AvgIpc) is 1.90. The van der Waals surface area contributed by atoms with E-state index in [-0.39, 0.29) is 16.3 Å². The molecule has 0 aromatic carbocycles. The van der Waals surface area contributed by atoms with E-state index in [4.69, 9.17) is 0 Å². The van der Waals surface area contributed by atoms with Gasteiger partial charge in [0.2, 0.25) is 0 Å². The molecule has 0 rings (SSSR count). The number of rotatable bonds is 6. The Morgan fingerprint density at radius 1 is 0.818 bits per heavy atom. The third kappa shape index (κ3) is 7.61. The molecule has 0 nitrogen and oxygen atoms in total. The van der Waals surface area contributed by atoms with E-state index < -0.39 is 0 Å². The third-order valence-corrected chi connectivity index (χ3v) is 3.49. The van der Waals surface area contributed by atoms with Gasteiger partial charge in [-0.1, -0.05) is 26.1 Å². The van der Waals surface area contributed by atoms with Crippen LogP contribution >= 0.6 is 7.92 Å². The predicted octanol–water partition coefficient (Wildman–Crippen LogP) is 2.65. The molecule has 0 N–H and O–H groups in total. The summed E-state index contributed by atoms with van der Waals surface area (Å²) in [4.78, 5) is 0. The maximum atomic E-state index is 3.71. The third-order valence-electron chi connectivity index (χ3n) is 1.16. The van der Waals surface area contributed by atoms with Crippen molar-refractivity contribution in [2.24, 2.45) is 0 Å². The lowest BCUT2D eigenvalue weighted by Crippen LogP contribution is -1.87. The van der Waals surface area contributed by atoms with Crippen LogP contribution in [0.4, 0.5) is 0 Å². The van der Waals surface area contributed by atoms with Crippen LogP contribution in [0.25, 0.3) is 0 Å². The Morgan fingerprint density at radius 2 is 1.09 bits per heavy atom. The summed E-state index contributed by atoms with van der Waals surface area (Å²) in [5.41, 5.74) is 0. The molecule has 0 aliphatic carbocycles. The normalized spacial score (nSPS) is 8.45. The fraction of sp³-hybridized carbons (Fsp3) is 0.333. The number of allylic oxidation sites excluding steroid dienone is 3. The van der Waals surface area contributed by atoms with E-state index in [1.54, 1.807) is 0 Å². The Labute approximate surface area is 73.4 Å². The lowest BCUT2D eigenvalue weighted by Gasteiger charge is -2.09. The van der Waals surface area contributed by atoms with Gasteiger partial charge in [0.1, 0.15) is 0 Å². The van der Waals surface area contributed by atoms with E-state index in [2.05, 4.69) is 19.7 Å². The standard InChI is InChI=1S/C9H15P.B/c1-4-7-10(8-5-2)9-6-3;/h4-6H,1-3,7-9H2;. The van der Waals surface area contributed by atoms with Gasteiger partial charge in [-0.05, 0) is 18.5 Å². The van der Waals surface area contributed by atoms with Crippen LogP contribution in [-0.4, -0.2) is 26.9 Å². The van der Waals surface area contributed by atoms with Crippen molar-refractivity contribution in [2.75, 3.05) is 18.5 Å². The van der Waals surface area contributed by atoms with Gasteiger partial charge in [0.15, 0.2) is 0 Å². The van der Waals surface area contributed by atoms with Crippen molar-refractivity contribution in [1.82, 2.24) is 0 Å². The summed E-state index contributed by atoms with van der Waals surface area (Å²) < 4.78 is 0. The van der Waals surface area contributed by atoms with E-state index in [0.29, 0.717) is 0 Å². The first-order valence-electron chi connectivity index (χ1n) is 3.40. The van der Waals surface area contributed by atoms with Crippen LogP contribution in [0.3, 0.4) is 0 Å². The van der Waals surface area contributed by atoms with Crippen molar-refractivity contribution in [1.29, 1.82) is 0 Å². The van der Waals surface area contributed by atoms with Gasteiger partial charge in [-0.25, -0.2) is 0 Å². The minimum absolute atomic E-state index is 0. The van der Waals surface area contributed by atoms with Crippen LogP contribution < -0.4 is 0 Å². The molecule has 0 fully saturated rings. The van der Waals surface area contributed by atoms with E-state index in [1.165, 1.54) is 0 Å². The molecule has 0 aliphatic heterocycles. The maximum Gasteiger partial charge on any atom is 0 e. The molecule has 0 atom stereocenters. The molecular weight excluding hydrogens is 150 g/mol. The second-order valence-electron chi connectivity index (χ2n) is 2.08. The van der Waals surface area contributed by atoms with E-state index in [1.807, 2.05) is 18.2 Å². The zero-order valence-corrected chi connectivity index (χ0v) is 7.89. The van der Waals surface area contributed by atoms with Gasteiger partial charge in [0, 0.05) is 8.41 Å². The van der Waals surface area contributed by atoms with Crippen molar-refractivity contribution >= 4 is 16.3 Å². The Bertz CT molecular complexity index is 97.0. The summed E-state index contributed by atoms with van der Waals surface area (Å²) in [5.74, 6) is 0. The SMILES string of the molecule is C=CCP(CC=C)CC=C.[B]. The van der Waals surface area contributed by atoms with Crippen LogP contribution in [0.15, 0.2) is 38.0 Å². The fourth-order valence-corrected chi connectivity index (χ4v) is 2.31. The summed E-state index contributed by atoms with van der Waals surface area (Å²) in [5, 5.41) is 0. The highest BCUT2D eigenvalue weighted by Gasteiger charge is 1.98. The summed E-state index contributed by atoms with van der Waals surface area (Å²) in [6.45, 7) is 11.1. The molecule has 2 heteroatoms. The minimum Gasteiger partial charge on any atom is -0.103 e. The van der Waals surface area contributed by atoms with Gasteiger partial charge in [-0.15, -0.1) is 19.7 Å². The Kier molecular flexibility index (Phi) is 11.8. The maximum absolute atomic E-state index is 3.71. The summed E-state index contributed by atoms with van der Waals surface area (Å²) in [6.07, 6.45) is 9.35. The average molecular weight is 165 g/mol. The predicted molar refractivity (Wildman–Crippen MR) is 57.9 cm³/mol. The highest BCUT2D eigenvalue weighted by Crippen LogP contribution is 2.34. The molecule has 0 aromatic rings. The van der Waals surface area contributed by atoms with Crippen LogP contribution in [0, 0.1) is 0 Å². The molecule has 11 heavy (non-hydrogen) atoms. The van der Waals surface area contributed by atoms with E-state index in [9.17, 15) is 0 Å². The lowest BCUT2D eigenvalue weighted by atomic mass is 10.7. The smallest absolute Gasteiger partial charge is 0 e. The summed E-state index contributed by atoms with van der Waals surface area (Å²) >= 11 is 0. The molecular formula is C9H15BP. The molecule has 0 aromatic heterocycles. The zero-order chi connectivity index (χ0) is 7.82. The number of hydrogen-bond acceptors (Lipinski definition) is 0. The molecule has 0 aliphatic rings. The molecule has 0 unspecified atom stereocenters. The zero-order valence-electron chi connectivity index (χ0n) is 7.00. The van der Waals surface area contributed by atoms with Gasteiger partial charge in [-0.3, -0.25) is 0 Å². The van der Waals surface area contributed by atoms with Crippen molar-refractivity contribution in [3.8, 4) is 0 Å². The Balaban J connectivity index is 0. The first kappa shape index (κ1) is 13.3. The van der Waals surface area contributed by atoms with Crippen molar-refractivity contribution in [3.63, 3.8) is 0 Å². The molecule has 3 radical (unpaired) electrons. The van der Waals surface area contributed by atoms with Crippen LogP contribution in [0.5, 0.6) is 0 Å². The highest BCUT2D eigenvalue weighted by molar-refractivity contribution is 7.58. The summed E-state index contributed by atoms with van der Waals surface area (Å²) in [6, 6.07) is 0.